The highest BCUT2D eigenvalue weighted by Crippen LogP contribution is 2.18. The van der Waals surface area contributed by atoms with Crippen LogP contribution in [0.25, 0.3) is 0 Å². The summed E-state index contributed by atoms with van der Waals surface area (Å²) in [5.41, 5.74) is 7.32. The number of hydrogen-bond acceptors (Lipinski definition) is 5. The van der Waals surface area contributed by atoms with Crippen LogP contribution in [0.1, 0.15) is 11.4 Å². The monoisotopic (exact) mass is 295 g/mol. The van der Waals surface area contributed by atoms with Gasteiger partial charge < -0.3 is 5.73 Å². The SMILES string of the molecule is Cc1ccc(NS(=O)(=O)c2cnn(CCN)c2)c(C)n1. The Morgan fingerprint density at radius 2 is 2.10 bits per heavy atom. The first kappa shape index (κ1) is 14.5. The van der Waals surface area contributed by atoms with Crippen LogP contribution < -0.4 is 10.5 Å². The van der Waals surface area contributed by atoms with E-state index in [-0.39, 0.29) is 4.90 Å². The van der Waals surface area contributed by atoms with Crippen molar-refractivity contribution in [2.75, 3.05) is 11.3 Å². The van der Waals surface area contributed by atoms with Crippen LogP contribution in [0.2, 0.25) is 0 Å². The lowest BCUT2D eigenvalue weighted by atomic mass is 10.3. The number of aromatic nitrogens is 3. The third-order valence-electron chi connectivity index (χ3n) is 2.75. The van der Waals surface area contributed by atoms with Crippen LogP contribution in [-0.2, 0) is 16.6 Å². The quantitative estimate of drug-likeness (QED) is 0.843. The molecule has 108 valence electrons. The zero-order valence-corrected chi connectivity index (χ0v) is 12.2. The molecule has 0 fully saturated rings. The zero-order chi connectivity index (χ0) is 14.8. The van der Waals surface area contributed by atoms with Crippen LogP contribution in [0.15, 0.2) is 29.4 Å². The molecule has 0 unspecified atom stereocenters. The van der Waals surface area contributed by atoms with Gasteiger partial charge in [0.25, 0.3) is 10.0 Å². The first-order chi connectivity index (χ1) is 9.42. The maximum Gasteiger partial charge on any atom is 0.265 e. The van der Waals surface area contributed by atoms with Crippen LogP contribution >= 0.6 is 0 Å². The first-order valence-corrected chi connectivity index (χ1v) is 7.60. The summed E-state index contributed by atoms with van der Waals surface area (Å²) in [6, 6.07) is 3.45. The van der Waals surface area contributed by atoms with E-state index in [2.05, 4.69) is 14.8 Å². The van der Waals surface area contributed by atoms with Crippen molar-refractivity contribution in [2.45, 2.75) is 25.3 Å². The second-order valence-corrected chi connectivity index (χ2v) is 6.10. The minimum absolute atomic E-state index is 0.103. The number of hydrogen-bond donors (Lipinski definition) is 2. The summed E-state index contributed by atoms with van der Waals surface area (Å²) in [6.45, 7) is 4.47. The fourth-order valence-electron chi connectivity index (χ4n) is 1.74. The molecule has 0 aliphatic rings. The van der Waals surface area contributed by atoms with Crippen LogP contribution in [0.4, 0.5) is 5.69 Å². The third-order valence-corrected chi connectivity index (χ3v) is 4.07. The van der Waals surface area contributed by atoms with E-state index in [0.717, 1.165) is 5.69 Å². The zero-order valence-electron chi connectivity index (χ0n) is 11.4. The molecule has 0 amide bonds. The molecule has 2 rings (SSSR count). The van der Waals surface area contributed by atoms with Crippen LogP contribution in [0, 0.1) is 13.8 Å². The summed E-state index contributed by atoms with van der Waals surface area (Å²) in [7, 11) is -3.66. The third kappa shape index (κ3) is 3.14. The number of nitrogens with zero attached hydrogens (tertiary/aromatic N) is 3. The van der Waals surface area contributed by atoms with Gasteiger partial charge in [-0.25, -0.2) is 8.42 Å². The second kappa shape index (κ2) is 5.59. The van der Waals surface area contributed by atoms with Crippen molar-refractivity contribution in [3.63, 3.8) is 0 Å². The van der Waals surface area contributed by atoms with Crippen LogP contribution in [0.3, 0.4) is 0 Å². The summed E-state index contributed by atoms with van der Waals surface area (Å²) < 4.78 is 28.5. The molecule has 20 heavy (non-hydrogen) atoms. The molecule has 0 saturated heterocycles. The molecule has 2 heterocycles. The molecule has 8 heteroatoms. The molecule has 0 spiro atoms. The molecule has 0 aliphatic heterocycles. The smallest absolute Gasteiger partial charge is 0.265 e. The normalized spacial score (nSPS) is 11.6. The van der Waals surface area contributed by atoms with Gasteiger partial charge in [0, 0.05) is 18.4 Å². The molecule has 0 bridgehead atoms. The van der Waals surface area contributed by atoms with E-state index in [4.69, 9.17) is 5.73 Å². The van der Waals surface area contributed by atoms with Gasteiger partial charge in [0.2, 0.25) is 0 Å². The summed E-state index contributed by atoms with van der Waals surface area (Å²) in [5.74, 6) is 0. The van der Waals surface area contributed by atoms with Crippen molar-refractivity contribution < 1.29 is 8.42 Å². The lowest BCUT2D eigenvalue weighted by Gasteiger charge is -2.09. The van der Waals surface area contributed by atoms with Crippen molar-refractivity contribution in [1.29, 1.82) is 0 Å². The average molecular weight is 295 g/mol. The number of nitrogens with two attached hydrogens (primary N) is 1. The molecular formula is C12H17N5O2S. The highest BCUT2D eigenvalue weighted by molar-refractivity contribution is 7.92. The Hall–Kier alpha value is -1.93. The second-order valence-electron chi connectivity index (χ2n) is 4.42. The van der Waals surface area contributed by atoms with Gasteiger partial charge in [-0.1, -0.05) is 0 Å². The topological polar surface area (TPSA) is 103 Å². The number of rotatable bonds is 5. The van der Waals surface area contributed by atoms with E-state index >= 15 is 0 Å². The standard InChI is InChI=1S/C12H17N5O2S/c1-9-3-4-12(10(2)15-9)16-20(18,19)11-7-14-17(8-11)6-5-13/h3-4,7-8,16H,5-6,13H2,1-2H3. The van der Waals surface area contributed by atoms with Gasteiger partial charge in [-0.2, -0.15) is 5.10 Å². The minimum atomic E-state index is -3.66. The van der Waals surface area contributed by atoms with E-state index in [9.17, 15) is 8.42 Å². The highest BCUT2D eigenvalue weighted by Gasteiger charge is 2.17. The van der Waals surface area contributed by atoms with E-state index in [1.807, 2.05) is 6.92 Å². The predicted octanol–water partition coefficient (Wildman–Crippen LogP) is 0.654. The molecule has 0 aromatic carbocycles. The summed E-state index contributed by atoms with van der Waals surface area (Å²) in [5, 5.41) is 3.95. The molecule has 0 radical (unpaired) electrons. The lowest BCUT2D eigenvalue weighted by Crippen LogP contribution is -2.14. The predicted molar refractivity (Wildman–Crippen MR) is 75.8 cm³/mol. The van der Waals surface area contributed by atoms with E-state index < -0.39 is 10.0 Å². The Kier molecular flexibility index (Phi) is 4.05. The van der Waals surface area contributed by atoms with Crippen molar-refractivity contribution in [1.82, 2.24) is 14.8 Å². The van der Waals surface area contributed by atoms with Crippen LogP contribution in [-0.4, -0.2) is 29.7 Å². The van der Waals surface area contributed by atoms with Gasteiger partial charge in [0.05, 0.1) is 24.1 Å². The maximum absolute atomic E-state index is 12.2. The molecule has 2 aromatic heterocycles. The largest absolute Gasteiger partial charge is 0.329 e. The van der Waals surface area contributed by atoms with E-state index in [1.165, 1.54) is 17.1 Å². The van der Waals surface area contributed by atoms with Gasteiger partial charge in [-0.15, -0.1) is 0 Å². The Morgan fingerprint density at radius 3 is 2.75 bits per heavy atom. The molecule has 2 aromatic rings. The molecule has 7 nitrogen and oxygen atoms in total. The number of nitrogens with one attached hydrogen (secondary N) is 1. The van der Waals surface area contributed by atoms with Gasteiger partial charge in [0.15, 0.2) is 0 Å². The van der Waals surface area contributed by atoms with Gasteiger partial charge in [-0.3, -0.25) is 14.4 Å². The number of sulfonamides is 1. The van der Waals surface area contributed by atoms with Crippen molar-refractivity contribution in [3.8, 4) is 0 Å². The summed E-state index contributed by atoms with van der Waals surface area (Å²) in [4.78, 5) is 4.32. The molecule has 0 saturated carbocycles. The van der Waals surface area contributed by atoms with Crippen molar-refractivity contribution in [2.24, 2.45) is 5.73 Å². The first-order valence-electron chi connectivity index (χ1n) is 6.12. The Labute approximate surface area is 117 Å². The van der Waals surface area contributed by atoms with E-state index in [0.29, 0.717) is 24.5 Å². The molecule has 0 aliphatic carbocycles. The lowest BCUT2D eigenvalue weighted by molar-refractivity contribution is 0.599. The average Bonchev–Trinajstić information content (AvgIpc) is 2.83. The molecule has 0 atom stereocenters. The Balaban J connectivity index is 2.26. The van der Waals surface area contributed by atoms with Crippen molar-refractivity contribution >= 4 is 15.7 Å². The molecular weight excluding hydrogens is 278 g/mol. The number of pyridine rings is 1. The summed E-state index contributed by atoms with van der Waals surface area (Å²) >= 11 is 0. The Morgan fingerprint density at radius 1 is 1.35 bits per heavy atom. The van der Waals surface area contributed by atoms with E-state index in [1.54, 1.807) is 19.1 Å². The molecule has 3 N–H and O–H groups in total. The fraction of sp³-hybridized carbons (Fsp3) is 0.333. The summed E-state index contributed by atoms with van der Waals surface area (Å²) in [6.07, 6.45) is 2.75. The minimum Gasteiger partial charge on any atom is -0.329 e. The fourth-order valence-corrected chi connectivity index (χ4v) is 2.81. The maximum atomic E-state index is 12.2. The highest BCUT2D eigenvalue weighted by atomic mass is 32.2. The van der Waals surface area contributed by atoms with Crippen molar-refractivity contribution in [3.05, 3.63) is 35.9 Å². The Bertz CT molecular complexity index is 708. The number of aryl methyl sites for hydroxylation is 2. The van der Waals surface area contributed by atoms with Gasteiger partial charge in [-0.05, 0) is 26.0 Å². The number of anilines is 1. The van der Waals surface area contributed by atoms with Gasteiger partial charge in [0.1, 0.15) is 4.90 Å². The van der Waals surface area contributed by atoms with Gasteiger partial charge >= 0.3 is 0 Å². The van der Waals surface area contributed by atoms with Crippen LogP contribution in [0.5, 0.6) is 0 Å².